The van der Waals surface area contributed by atoms with Gasteiger partial charge in [-0.05, 0) is 35.4 Å². The van der Waals surface area contributed by atoms with Gasteiger partial charge in [0.1, 0.15) is 12.1 Å². The Morgan fingerprint density at radius 1 is 0.528 bits per heavy atom. The zero-order valence-corrected chi connectivity index (χ0v) is 17.8. The van der Waals surface area contributed by atoms with Crippen LogP contribution in [0.1, 0.15) is 11.4 Å². The van der Waals surface area contributed by atoms with Crippen molar-refractivity contribution in [2.75, 3.05) is 0 Å². The molecule has 12 heteroatoms. The van der Waals surface area contributed by atoms with Crippen LogP contribution < -0.4 is 0 Å². The van der Waals surface area contributed by atoms with E-state index in [2.05, 4.69) is 49.6 Å². The molecule has 0 atom stereocenters. The van der Waals surface area contributed by atoms with Crippen LogP contribution in [0.15, 0.2) is 36.4 Å². The van der Waals surface area contributed by atoms with Gasteiger partial charge < -0.3 is 9.69 Å². The number of nitriles is 2. The van der Waals surface area contributed by atoms with E-state index in [4.69, 9.17) is 13.1 Å². The fourth-order valence-corrected chi connectivity index (χ4v) is 3.65. The molecule has 6 rings (SSSR count). The van der Waals surface area contributed by atoms with Gasteiger partial charge in [-0.1, -0.05) is 25.3 Å². The number of fused-ring (bicyclic) bond motifs is 4. The largest absolute Gasteiger partial charge is 0.370 e. The van der Waals surface area contributed by atoms with Crippen molar-refractivity contribution < 1.29 is 0 Å². The van der Waals surface area contributed by atoms with Gasteiger partial charge in [-0.3, -0.25) is 0 Å². The quantitative estimate of drug-likeness (QED) is 0.258. The van der Waals surface area contributed by atoms with Crippen LogP contribution in [0.2, 0.25) is 0 Å². The van der Waals surface area contributed by atoms with Crippen LogP contribution in [0.4, 0.5) is 11.6 Å². The van der Waals surface area contributed by atoms with Crippen LogP contribution in [0.3, 0.4) is 0 Å². The molecule has 0 N–H and O–H groups in total. The van der Waals surface area contributed by atoms with E-state index in [9.17, 15) is 10.5 Å². The second kappa shape index (κ2) is 7.67. The Morgan fingerprint density at radius 3 is 1.31 bits per heavy atom. The van der Waals surface area contributed by atoms with Gasteiger partial charge in [0.2, 0.25) is 0 Å². The summed E-state index contributed by atoms with van der Waals surface area (Å²) in [6, 6.07) is 14.6. The Labute approximate surface area is 200 Å². The predicted molar refractivity (Wildman–Crippen MR) is 126 cm³/mol. The molecule has 4 aromatic heterocycles. The number of hydrogen-bond donors (Lipinski definition) is 0. The number of nitrogens with zero attached hydrogens (tertiary/aromatic N) is 12. The van der Waals surface area contributed by atoms with Crippen molar-refractivity contribution in [2.45, 2.75) is 0 Å². The molecule has 0 amide bonds. The van der Waals surface area contributed by atoms with E-state index in [-0.39, 0.29) is 45.6 Å². The Bertz CT molecular complexity index is 1950. The lowest BCUT2D eigenvalue weighted by atomic mass is 10.0. The Balaban J connectivity index is 1.49. The highest BCUT2D eigenvalue weighted by Crippen LogP contribution is 2.29. The maximum Gasteiger partial charge on any atom is 0.316 e. The third-order valence-corrected chi connectivity index (χ3v) is 5.30. The smallest absolute Gasteiger partial charge is 0.316 e. The number of hydrogen-bond acceptors (Lipinski definition) is 10. The number of aromatic nitrogens is 8. The van der Waals surface area contributed by atoms with Gasteiger partial charge in [0.05, 0.1) is 22.1 Å². The van der Waals surface area contributed by atoms with Crippen LogP contribution in [-0.2, 0) is 0 Å². The lowest BCUT2D eigenvalue weighted by Crippen LogP contribution is -2.00. The molecule has 36 heavy (non-hydrogen) atoms. The van der Waals surface area contributed by atoms with Crippen molar-refractivity contribution in [3.05, 3.63) is 70.6 Å². The minimum absolute atomic E-state index is 0.0985. The normalized spacial score (nSPS) is 10.7. The van der Waals surface area contributed by atoms with Gasteiger partial charge in [0.25, 0.3) is 11.6 Å². The second-order valence-electron chi connectivity index (χ2n) is 7.39. The summed E-state index contributed by atoms with van der Waals surface area (Å²) in [5, 5.41) is 18.4. The molecule has 0 bridgehead atoms. The molecule has 6 aromatic rings. The van der Waals surface area contributed by atoms with Crippen molar-refractivity contribution in [1.82, 2.24) is 39.9 Å². The van der Waals surface area contributed by atoms with E-state index in [1.807, 2.05) is 36.4 Å². The van der Waals surface area contributed by atoms with E-state index in [1.54, 1.807) is 12.1 Å². The highest BCUT2D eigenvalue weighted by Gasteiger charge is 2.17. The topological polar surface area (TPSA) is 159 Å². The van der Waals surface area contributed by atoms with Crippen LogP contribution in [0.5, 0.6) is 0 Å². The molecular formula is C24H6N12. The summed E-state index contributed by atoms with van der Waals surface area (Å²) in [5.74, 6) is -0.227. The number of rotatable bonds is 1. The van der Waals surface area contributed by atoms with Gasteiger partial charge in [-0.2, -0.15) is 10.5 Å². The molecule has 4 heterocycles. The third-order valence-electron chi connectivity index (χ3n) is 5.30. The summed E-state index contributed by atoms with van der Waals surface area (Å²) in [4.78, 5) is 40.8. The molecule has 0 aliphatic heterocycles. The monoisotopic (exact) mass is 462 g/mol. The predicted octanol–water partition coefficient (Wildman–Crippen LogP) is 3.97. The maximum absolute atomic E-state index is 9.22. The van der Waals surface area contributed by atoms with E-state index < -0.39 is 0 Å². The highest BCUT2D eigenvalue weighted by atomic mass is 15.1. The second-order valence-corrected chi connectivity index (χ2v) is 7.39. The van der Waals surface area contributed by atoms with Crippen molar-refractivity contribution in [2.24, 2.45) is 0 Å². The van der Waals surface area contributed by atoms with Crippen LogP contribution >= 0.6 is 0 Å². The lowest BCUT2D eigenvalue weighted by molar-refractivity contribution is 1.14. The van der Waals surface area contributed by atoms with Gasteiger partial charge in [0.15, 0.2) is 22.7 Å². The van der Waals surface area contributed by atoms with E-state index in [1.165, 1.54) is 0 Å². The highest BCUT2D eigenvalue weighted by molar-refractivity contribution is 5.90. The molecule has 0 spiro atoms. The molecule has 0 aliphatic rings. The van der Waals surface area contributed by atoms with Crippen LogP contribution in [0, 0.1) is 35.8 Å². The van der Waals surface area contributed by atoms with Gasteiger partial charge in [0, 0.05) is 0 Å². The van der Waals surface area contributed by atoms with Crippen molar-refractivity contribution in [3.63, 3.8) is 0 Å². The molecule has 0 aliphatic carbocycles. The average Bonchev–Trinajstić information content (AvgIpc) is 2.92. The first-order valence-electron chi connectivity index (χ1n) is 10.1. The minimum Gasteiger partial charge on any atom is -0.370 e. The van der Waals surface area contributed by atoms with E-state index in [0.29, 0.717) is 22.1 Å². The Hall–Kier alpha value is -6.24. The van der Waals surface area contributed by atoms with Gasteiger partial charge in [-0.25, -0.2) is 29.9 Å². The molecule has 162 valence electrons. The maximum atomic E-state index is 9.22. The summed E-state index contributed by atoms with van der Waals surface area (Å²) in [7, 11) is 0. The molecular weight excluding hydrogens is 456 g/mol. The first kappa shape index (κ1) is 20.4. The number of benzene rings is 2. The molecule has 0 unspecified atom stereocenters. The summed E-state index contributed by atoms with van der Waals surface area (Å²) in [5.41, 5.74) is 4.34. The van der Waals surface area contributed by atoms with Gasteiger partial charge >= 0.3 is 11.3 Å². The van der Waals surface area contributed by atoms with E-state index >= 15 is 0 Å². The molecule has 0 saturated carbocycles. The summed E-state index contributed by atoms with van der Waals surface area (Å²) in [6.45, 7) is 14.4. The molecule has 0 saturated heterocycles. The summed E-state index contributed by atoms with van der Waals surface area (Å²) < 4.78 is 0. The molecule has 12 nitrogen and oxygen atoms in total. The molecule has 0 radical (unpaired) electrons. The Kier molecular flexibility index (Phi) is 4.34. The SMILES string of the molecule is [C-]#[N+]c1nc2nc3ccc(-c4ccc5nc6nc(C#N)c(C#N)nc6nc5c4)cc3nc2nc1[N+]#[C-]. The van der Waals surface area contributed by atoms with Gasteiger partial charge in [-0.15, -0.1) is 9.97 Å². The van der Waals surface area contributed by atoms with Crippen molar-refractivity contribution >= 4 is 56.3 Å². The zero-order valence-electron chi connectivity index (χ0n) is 17.8. The summed E-state index contributed by atoms with van der Waals surface area (Å²) in [6.07, 6.45) is 0. The average molecular weight is 462 g/mol. The van der Waals surface area contributed by atoms with Crippen molar-refractivity contribution in [3.8, 4) is 23.3 Å². The molecule has 2 aromatic carbocycles. The third kappa shape index (κ3) is 3.12. The fraction of sp³-hybridized carbons (Fsp3) is 0. The summed E-state index contributed by atoms with van der Waals surface area (Å²) >= 11 is 0. The standard InChI is InChI=1S/C24H6N12/c1-27-19-20(28-2)36-24-23(35-19)30-14-6-4-12(8-16(14)32-24)11-3-5-13-15(7-11)31-22-21(29-13)33-17(9-25)18(10-26)34-22/h3-8H. The van der Waals surface area contributed by atoms with Crippen LogP contribution in [-0.4, -0.2) is 39.9 Å². The fourth-order valence-electron chi connectivity index (χ4n) is 3.65. The van der Waals surface area contributed by atoms with E-state index in [0.717, 1.165) is 11.1 Å². The Morgan fingerprint density at radius 2 is 0.917 bits per heavy atom. The van der Waals surface area contributed by atoms with Crippen LogP contribution in [0.25, 0.3) is 65.5 Å². The zero-order chi connectivity index (χ0) is 24.8. The first-order chi connectivity index (χ1) is 17.6. The first-order valence-corrected chi connectivity index (χ1v) is 10.1. The molecule has 0 fully saturated rings. The minimum atomic E-state index is -0.118. The van der Waals surface area contributed by atoms with Crippen molar-refractivity contribution in [1.29, 1.82) is 10.5 Å². The lowest BCUT2D eigenvalue weighted by Gasteiger charge is -2.06.